The number of hydrogen-bond acceptors (Lipinski definition) is 4. The largest absolute Gasteiger partial charge is 0.376 e. The van der Waals surface area contributed by atoms with Gasteiger partial charge in [0.2, 0.25) is 5.91 Å². The molecular weight excluding hydrogens is 472 g/mol. The molecule has 1 aliphatic rings. The number of benzene rings is 2. The number of nitrogens with zero attached hydrogens (tertiary/aromatic N) is 2. The van der Waals surface area contributed by atoms with E-state index in [-0.39, 0.29) is 30.8 Å². The molecule has 0 spiro atoms. The Morgan fingerprint density at radius 1 is 1.03 bits per heavy atom. The molecule has 0 radical (unpaired) electrons. The zero-order valence-electron chi connectivity index (χ0n) is 19.2. The van der Waals surface area contributed by atoms with Crippen LogP contribution in [-0.4, -0.2) is 47.5 Å². The monoisotopic (exact) mass is 499 g/mol. The zero-order valence-corrected chi connectivity index (χ0v) is 20.0. The average Bonchev–Trinajstić information content (AvgIpc) is 3.55. The lowest BCUT2D eigenvalue weighted by Crippen LogP contribution is -2.46. The summed E-state index contributed by atoms with van der Waals surface area (Å²) in [5.41, 5.74) is 0.821. The second-order valence-electron chi connectivity index (χ2n) is 8.38. The first-order chi connectivity index (χ1) is 17.0. The normalized spacial score (nSPS) is 15.1. The van der Waals surface area contributed by atoms with Gasteiger partial charge < -0.3 is 19.9 Å². The van der Waals surface area contributed by atoms with Crippen LogP contribution in [0.25, 0.3) is 0 Å². The fourth-order valence-corrected chi connectivity index (χ4v) is 4.65. The lowest BCUT2D eigenvalue weighted by atomic mass is 10.2. The Balaban J connectivity index is 1.51. The molecular formula is C26H27F2N3O3S. The molecule has 184 valence electrons. The first kappa shape index (κ1) is 24.8. The fraction of sp³-hybridized carbons (Fsp3) is 0.308. The number of anilines is 1. The molecule has 2 aromatic carbocycles. The molecule has 6 nitrogen and oxygen atoms in total. The van der Waals surface area contributed by atoms with Crippen molar-refractivity contribution in [2.75, 3.05) is 25.0 Å². The van der Waals surface area contributed by atoms with Crippen molar-refractivity contribution in [2.45, 2.75) is 32.0 Å². The molecule has 1 unspecified atom stereocenters. The van der Waals surface area contributed by atoms with Crippen LogP contribution < -0.4 is 5.32 Å². The third kappa shape index (κ3) is 7.10. The second kappa shape index (κ2) is 11.9. The van der Waals surface area contributed by atoms with Gasteiger partial charge in [-0.25, -0.2) is 13.6 Å². The van der Waals surface area contributed by atoms with Gasteiger partial charge in [-0.1, -0.05) is 36.4 Å². The number of hydrogen-bond donors (Lipinski definition) is 1. The maximum absolute atomic E-state index is 14.2. The molecule has 9 heteroatoms. The number of rotatable bonds is 9. The molecule has 3 amide bonds. The van der Waals surface area contributed by atoms with Crippen molar-refractivity contribution < 1.29 is 23.1 Å². The van der Waals surface area contributed by atoms with Gasteiger partial charge in [0.1, 0.15) is 18.2 Å². The van der Waals surface area contributed by atoms with Crippen molar-refractivity contribution >= 4 is 29.0 Å². The van der Waals surface area contributed by atoms with E-state index in [0.29, 0.717) is 25.8 Å². The van der Waals surface area contributed by atoms with Gasteiger partial charge in [-0.15, -0.1) is 11.3 Å². The molecule has 1 aromatic heterocycles. The summed E-state index contributed by atoms with van der Waals surface area (Å²) in [5.74, 6) is -1.86. The number of carbonyl (C=O) groups excluding carboxylic acids is 2. The Bertz CT molecular complexity index is 1120. The summed E-state index contributed by atoms with van der Waals surface area (Å²) in [7, 11) is 0. The molecule has 1 saturated heterocycles. The maximum Gasteiger partial charge on any atom is 0.322 e. The summed E-state index contributed by atoms with van der Waals surface area (Å²) in [6, 6.07) is 15.8. The first-order valence-electron chi connectivity index (χ1n) is 11.4. The molecule has 1 fully saturated rings. The molecule has 1 aliphatic heterocycles. The van der Waals surface area contributed by atoms with E-state index in [1.165, 1.54) is 4.90 Å². The average molecular weight is 500 g/mol. The van der Waals surface area contributed by atoms with E-state index in [1.54, 1.807) is 16.2 Å². The van der Waals surface area contributed by atoms with Crippen LogP contribution in [0.15, 0.2) is 66.0 Å². The summed E-state index contributed by atoms with van der Waals surface area (Å²) in [6.45, 7) is 1.39. The number of urea groups is 1. The van der Waals surface area contributed by atoms with Gasteiger partial charge in [-0.2, -0.15) is 0 Å². The Labute approximate surface area is 207 Å². The van der Waals surface area contributed by atoms with E-state index < -0.39 is 17.7 Å². The second-order valence-corrected chi connectivity index (χ2v) is 9.42. The van der Waals surface area contributed by atoms with E-state index in [4.69, 9.17) is 4.74 Å². The minimum absolute atomic E-state index is 0.152. The minimum Gasteiger partial charge on any atom is -0.376 e. The summed E-state index contributed by atoms with van der Waals surface area (Å²) < 4.78 is 33.1. The summed E-state index contributed by atoms with van der Waals surface area (Å²) in [5, 5.41) is 4.43. The highest BCUT2D eigenvalue weighted by Gasteiger charge is 2.27. The van der Waals surface area contributed by atoms with E-state index in [9.17, 15) is 18.4 Å². The number of carbonyl (C=O) groups is 2. The van der Waals surface area contributed by atoms with Crippen LogP contribution in [-0.2, 0) is 22.6 Å². The predicted molar refractivity (Wildman–Crippen MR) is 131 cm³/mol. The van der Waals surface area contributed by atoms with Gasteiger partial charge in [0, 0.05) is 30.6 Å². The van der Waals surface area contributed by atoms with Crippen molar-refractivity contribution in [3.05, 3.63) is 88.1 Å². The topological polar surface area (TPSA) is 61.9 Å². The van der Waals surface area contributed by atoms with Crippen LogP contribution in [0.4, 0.5) is 19.3 Å². The van der Waals surface area contributed by atoms with Crippen LogP contribution in [0.1, 0.15) is 23.3 Å². The number of halogens is 2. The lowest BCUT2D eigenvalue weighted by molar-refractivity contribution is -0.133. The van der Waals surface area contributed by atoms with Crippen molar-refractivity contribution in [3.63, 3.8) is 0 Å². The van der Waals surface area contributed by atoms with E-state index >= 15 is 0 Å². The predicted octanol–water partition coefficient (Wildman–Crippen LogP) is 5.27. The first-order valence-corrected chi connectivity index (χ1v) is 12.3. The van der Waals surface area contributed by atoms with E-state index in [2.05, 4.69) is 5.32 Å². The fourth-order valence-electron chi connectivity index (χ4n) is 3.93. The molecule has 2 heterocycles. The third-order valence-corrected chi connectivity index (χ3v) is 6.59. The minimum atomic E-state index is -0.884. The Hall–Kier alpha value is -3.30. The highest BCUT2D eigenvalue weighted by atomic mass is 32.1. The lowest BCUT2D eigenvalue weighted by Gasteiger charge is -2.29. The molecule has 0 bridgehead atoms. The number of thiophene rings is 1. The van der Waals surface area contributed by atoms with E-state index in [0.717, 1.165) is 35.4 Å². The SMILES string of the molecule is O=C(CN(CC1CCCO1)C(=O)Nc1ccc(F)cc1F)N(Cc1ccccc1)Cc1cccs1. The van der Waals surface area contributed by atoms with Crippen LogP contribution in [0.5, 0.6) is 0 Å². The highest BCUT2D eigenvalue weighted by Crippen LogP contribution is 2.19. The zero-order chi connectivity index (χ0) is 24.6. The summed E-state index contributed by atoms with van der Waals surface area (Å²) in [4.78, 5) is 30.6. The van der Waals surface area contributed by atoms with Gasteiger partial charge in [-0.3, -0.25) is 4.79 Å². The van der Waals surface area contributed by atoms with Gasteiger partial charge in [0.25, 0.3) is 0 Å². The van der Waals surface area contributed by atoms with Crippen molar-refractivity contribution in [3.8, 4) is 0 Å². The molecule has 35 heavy (non-hydrogen) atoms. The maximum atomic E-state index is 14.2. The summed E-state index contributed by atoms with van der Waals surface area (Å²) in [6.07, 6.45) is 1.44. The van der Waals surface area contributed by atoms with Crippen molar-refractivity contribution in [1.82, 2.24) is 9.80 Å². The summed E-state index contributed by atoms with van der Waals surface area (Å²) >= 11 is 1.56. The van der Waals surface area contributed by atoms with Crippen molar-refractivity contribution in [2.24, 2.45) is 0 Å². The van der Waals surface area contributed by atoms with Gasteiger partial charge in [0.15, 0.2) is 0 Å². The van der Waals surface area contributed by atoms with Crippen LogP contribution in [0.3, 0.4) is 0 Å². The van der Waals surface area contributed by atoms with Crippen LogP contribution >= 0.6 is 11.3 Å². The molecule has 1 atom stereocenters. The molecule has 4 rings (SSSR count). The standard InChI is InChI=1S/C26H27F2N3O3S/c27-20-10-11-24(23(28)14-20)29-26(33)31(16-21-8-4-12-34-21)18-25(32)30(17-22-9-5-13-35-22)15-19-6-2-1-3-7-19/h1-3,5-7,9-11,13-14,21H,4,8,12,15-18H2,(H,29,33). The number of nitrogens with one attached hydrogen (secondary N) is 1. The Kier molecular flexibility index (Phi) is 8.44. The molecule has 1 N–H and O–H groups in total. The van der Waals surface area contributed by atoms with Gasteiger partial charge >= 0.3 is 6.03 Å². The van der Waals surface area contributed by atoms with Gasteiger partial charge in [0.05, 0.1) is 18.3 Å². The Morgan fingerprint density at radius 3 is 2.54 bits per heavy atom. The van der Waals surface area contributed by atoms with Crippen molar-refractivity contribution in [1.29, 1.82) is 0 Å². The quantitative estimate of drug-likeness (QED) is 0.437. The number of amides is 3. The van der Waals surface area contributed by atoms with Crippen LogP contribution in [0, 0.1) is 11.6 Å². The third-order valence-electron chi connectivity index (χ3n) is 5.73. The van der Waals surface area contributed by atoms with Crippen LogP contribution in [0.2, 0.25) is 0 Å². The molecule has 0 saturated carbocycles. The smallest absolute Gasteiger partial charge is 0.322 e. The molecule has 0 aliphatic carbocycles. The number of ether oxygens (including phenoxy) is 1. The van der Waals surface area contributed by atoms with E-state index in [1.807, 2.05) is 47.8 Å². The Morgan fingerprint density at radius 2 is 1.86 bits per heavy atom. The molecule has 3 aromatic rings. The highest BCUT2D eigenvalue weighted by molar-refractivity contribution is 7.09. The van der Waals surface area contributed by atoms with Gasteiger partial charge in [-0.05, 0) is 42.0 Å².